The van der Waals surface area contributed by atoms with Crippen LogP contribution in [-0.4, -0.2) is 35.5 Å². The number of para-hydroxylation sites is 1. The average molecular weight is 362 g/mol. The van der Waals surface area contributed by atoms with E-state index in [9.17, 15) is 4.79 Å². The van der Waals surface area contributed by atoms with Crippen molar-refractivity contribution < 1.29 is 4.79 Å². The van der Waals surface area contributed by atoms with Crippen LogP contribution in [-0.2, 0) is 11.2 Å². The number of hydrogen-bond donors (Lipinski definition) is 0. The van der Waals surface area contributed by atoms with E-state index in [0.717, 1.165) is 56.2 Å². The molecule has 5 rings (SSSR count). The zero-order chi connectivity index (χ0) is 18.2. The third-order valence-electron chi connectivity index (χ3n) is 6.19. The van der Waals surface area contributed by atoms with Crippen LogP contribution < -0.4 is 9.80 Å². The lowest BCUT2D eigenvalue weighted by Crippen LogP contribution is -2.37. The molecule has 0 atom stereocenters. The van der Waals surface area contributed by atoms with E-state index in [1.165, 1.54) is 18.4 Å². The first-order valence-corrected chi connectivity index (χ1v) is 10.2. The lowest BCUT2D eigenvalue weighted by Gasteiger charge is -2.33. The molecule has 1 aliphatic carbocycles. The Morgan fingerprint density at radius 3 is 2.67 bits per heavy atom. The molecule has 3 aliphatic rings. The van der Waals surface area contributed by atoms with E-state index in [0.29, 0.717) is 18.3 Å². The number of carbonyl (C=O) groups excluding carboxylic acids is 1. The van der Waals surface area contributed by atoms with Gasteiger partial charge in [-0.2, -0.15) is 0 Å². The Labute approximate surface area is 160 Å². The summed E-state index contributed by atoms with van der Waals surface area (Å²) in [5.74, 6) is 3.42. The number of hydrogen-bond acceptors (Lipinski definition) is 4. The molecule has 2 fully saturated rings. The molecule has 2 aromatic rings. The van der Waals surface area contributed by atoms with Crippen LogP contribution in [0.4, 0.5) is 11.5 Å². The molecule has 1 aromatic carbocycles. The predicted molar refractivity (Wildman–Crippen MR) is 106 cm³/mol. The maximum absolute atomic E-state index is 12.8. The molecule has 5 nitrogen and oxygen atoms in total. The highest BCUT2D eigenvalue weighted by atomic mass is 16.2. The minimum atomic E-state index is 0.288. The normalized spacial score (nSPS) is 20.0. The van der Waals surface area contributed by atoms with Gasteiger partial charge in [-0.3, -0.25) is 4.79 Å². The SMILES string of the molecule is O=C(CC1CCN(c2ccnc(C3CC3)n2)CC1)N1CCc2ccccc21. The molecule has 1 saturated carbocycles. The number of fused-ring (bicyclic) bond motifs is 1. The fourth-order valence-electron chi connectivity index (χ4n) is 4.40. The van der Waals surface area contributed by atoms with Gasteiger partial charge in [0.25, 0.3) is 0 Å². The molecule has 5 heteroatoms. The third-order valence-corrected chi connectivity index (χ3v) is 6.19. The molecular formula is C22H26N4O. The van der Waals surface area contributed by atoms with Gasteiger partial charge in [-0.05, 0) is 55.7 Å². The van der Waals surface area contributed by atoms with Crippen LogP contribution in [0.15, 0.2) is 36.5 Å². The Balaban J connectivity index is 1.18. The van der Waals surface area contributed by atoms with Crippen molar-refractivity contribution in [1.29, 1.82) is 0 Å². The predicted octanol–water partition coefficient (Wildman–Crippen LogP) is 3.55. The number of carbonyl (C=O) groups is 1. The lowest BCUT2D eigenvalue weighted by atomic mass is 9.93. The third kappa shape index (κ3) is 3.43. The summed E-state index contributed by atoms with van der Waals surface area (Å²) >= 11 is 0. The molecule has 1 amide bonds. The lowest BCUT2D eigenvalue weighted by molar-refractivity contribution is -0.119. The second-order valence-corrected chi connectivity index (χ2v) is 8.11. The fraction of sp³-hybridized carbons (Fsp3) is 0.500. The highest BCUT2D eigenvalue weighted by molar-refractivity contribution is 5.95. The molecule has 140 valence electrons. The molecule has 2 aliphatic heterocycles. The number of aromatic nitrogens is 2. The van der Waals surface area contributed by atoms with Crippen LogP contribution in [0, 0.1) is 5.92 Å². The van der Waals surface area contributed by atoms with Gasteiger partial charge in [-0.25, -0.2) is 9.97 Å². The number of rotatable bonds is 4. The molecule has 0 radical (unpaired) electrons. The highest BCUT2D eigenvalue weighted by Crippen LogP contribution is 2.38. The molecule has 1 aromatic heterocycles. The van der Waals surface area contributed by atoms with Crippen LogP contribution in [0.25, 0.3) is 0 Å². The molecule has 0 bridgehead atoms. The van der Waals surface area contributed by atoms with Gasteiger partial charge in [0, 0.05) is 43.9 Å². The smallest absolute Gasteiger partial charge is 0.227 e. The quantitative estimate of drug-likeness (QED) is 0.835. The van der Waals surface area contributed by atoms with E-state index in [-0.39, 0.29) is 5.91 Å². The summed E-state index contributed by atoms with van der Waals surface area (Å²) in [5, 5.41) is 0. The Bertz CT molecular complexity index is 840. The van der Waals surface area contributed by atoms with Crippen LogP contribution in [0.1, 0.15) is 49.4 Å². The summed E-state index contributed by atoms with van der Waals surface area (Å²) in [7, 11) is 0. The minimum Gasteiger partial charge on any atom is -0.356 e. The van der Waals surface area contributed by atoms with Crippen molar-refractivity contribution in [2.24, 2.45) is 5.92 Å². The van der Waals surface area contributed by atoms with Crippen LogP contribution in [0.2, 0.25) is 0 Å². The van der Waals surface area contributed by atoms with Crippen molar-refractivity contribution in [1.82, 2.24) is 9.97 Å². The van der Waals surface area contributed by atoms with Gasteiger partial charge in [0.2, 0.25) is 5.91 Å². The Morgan fingerprint density at radius 1 is 1.04 bits per heavy atom. The zero-order valence-electron chi connectivity index (χ0n) is 15.7. The maximum atomic E-state index is 12.8. The van der Waals surface area contributed by atoms with Gasteiger partial charge in [-0.1, -0.05) is 18.2 Å². The standard InChI is InChI=1S/C22H26N4O/c27-21(26-14-10-17-3-1-2-4-19(17)26)15-16-8-12-25(13-9-16)20-7-11-23-22(24-20)18-5-6-18/h1-4,7,11,16,18H,5-6,8-10,12-15H2. The molecule has 0 unspecified atom stereocenters. The van der Waals surface area contributed by atoms with E-state index >= 15 is 0 Å². The van der Waals surface area contributed by atoms with Crippen LogP contribution in [0.3, 0.4) is 0 Å². The van der Waals surface area contributed by atoms with E-state index in [2.05, 4.69) is 28.1 Å². The van der Waals surface area contributed by atoms with Crippen molar-refractivity contribution >= 4 is 17.4 Å². The average Bonchev–Trinajstić information content (AvgIpc) is 3.47. The molecule has 0 N–H and O–H groups in total. The first-order chi connectivity index (χ1) is 13.3. The highest BCUT2D eigenvalue weighted by Gasteiger charge is 2.30. The molecule has 0 spiro atoms. The molecular weight excluding hydrogens is 336 g/mol. The van der Waals surface area contributed by atoms with Gasteiger partial charge < -0.3 is 9.80 Å². The van der Waals surface area contributed by atoms with E-state index < -0.39 is 0 Å². The first-order valence-electron chi connectivity index (χ1n) is 10.2. The minimum absolute atomic E-state index is 0.288. The van der Waals surface area contributed by atoms with Crippen molar-refractivity contribution in [2.45, 2.75) is 44.4 Å². The van der Waals surface area contributed by atoms with Gasteiger partial charge in [0.15, 0.2) is 0 Å². The topological polar surface area (TPSA) is 49.3 Å². The summed E-state index contributed by atoms with van der Waals surface area (Å²) in [6.45, 7) is 2.80. The Hall–Kier alpha value is -2.43. The fourth-order valence-corrected chi connectivity index (χ4v) is 4.40. The first kappa shape index (κ1) is 16.7. The second-order valence-electron chi connectivity index (χ2n) is 8.11. The van der Waals surface area contributed by atoms with Crippen molar-refractivity contribution in [3.05, 3.63) is 47.9 Å². The van der Waals surface area contributed by atoms with Crippen molar-refractivity contribution in [3.63, 3.8) is 0 Å². The molecule has 27 heavy (non-hydrogen) atoms. The van der Waals surface area contributed by atoms with E-state index in [1.54, 1.807) is 0 Å². The van der Waals surface area contributed by atoms with Crippen molar-refractivity contribution in [3.8, 4) is 0 Å². The van der Waals surface area contributed by atoms with E-state index in [1.807, 2.05) is 23.2 Å². The summed E-state index contributed by atoms with van der Waals surface area (Å²) in [5.41, 5.74) is 2.42. The monoisotopic (exact) mass is 362 g/mol. The largest absolute Gasteiger partial charge is 0.356 e. The van der Waals surface area contributed by atoms with Gasteiger partial charge in [0.1, 0.15) is 11.6 Å². The summed E-state index contributed by atoms with van der Waals surface area (Å²) in [4.78, 5) is 26.4. The Morgan fingerprint density at radius 2 is 1.85 bits per heavy atom. The number of piperidine rings is 1. The van der Waals surface area contributed by atoms with Crippen molar-refractivity contribution in [2.75, 3.05) is 29.4 Å². The molecule has 3 heterocycles. The Kier molecular flexibility index (Phi) is 4.30. The number of anilines is 2. The van der Waals surface area contributed by atoms with Gasteiger partial charge in [0.05, 0.1) is 0 Å². The zero-order valence-corrected chi connectivity index (χ0v) is 15.7. The molecule has 1 saturated heterocycles. The summed E-state index contributed by atoms with van der Waals surface area (Å²) in [6, 6.07) is 10.3. The second kappa shape index (κ2) is 6.95. The van der Waals surface area contributed by atoms with Gasteiger partial charge >= 0.3 is 0 Å². The van der Waals surface area contributed by atoms with Crippen LogP contribution in [0.5, 0.6) is 0 Å². The number of benzene rings is 1. The van der Waals surface area contributed by atoms with E-state index in [4.69, 9.17) is 4.98 Å². The number of amides is 1. The van der Waals surface area contributed by atoms with Gasteiger partial charge in [-0.15, -0.1) is 0 Å². The summed E-state index contributed by atoms with van der Waals surface area (Å²) < 4.78 is 0. The number of nitrogens with zero attached hydrogens (tertiary/aromatic N) is 4. The maximum Gasteiger partial charge on any atom is 0.227 e. The van der Waals surface area contributed by atoms with Crippen LogP contribution >= 0.6 is 0 Å². The summed E-state index contributed by atoms with van der Waals surface area (Å²) in [6.07, 6.45) is 8.13.